The maximum Gasteiger partial charge on any atom is 0.190 e. The van der Waals surface area contributed by atoms with Gasteiger partial charge in [0.15, 0.2) is 5.96 Å². The van der Waals surface area contributed by atoms with E-state index in [1.165, 1.54) is 16.5 Å². The van der Waals surface area contributed by atoms with Gasteiger partial charge < -0.3 is 25.1 Å². The second-order valence-corrected chi connectivity index (χ2v) is 6.60. The van der Waals surface area contributed by atoms with Crippen molar-refractivity contribution in [2.45, 2.75) is 31.8 Å². The zero-order valence-electron chi connectivity index (χ0n) is 15.6. The highest BCUT2D eigenvalue weighted by Crippen LogP contribution is 2.17. The second kappa shape index (κ2) is 10.2. The van der Waals surface area contributed by atoms with E-state index < -0.39 is 0 Å². The standard InChI is InChI=1S/C20H30N4O2/c1-21-20(22-10-5-12-25-15-17-6-4-13-26-17)23-11-9-16-14-24-19-8-3-2-7-18(16)19/h2-3,7-8,14,17,24H,4-6,9-13,15H2,1H3,(H2,21,22,23). The summed E-state index contributed by atoms with van der Waals surface area (Å²) in [5.74, 6) is 0.837. The van der Waals surface area contributed by atoms with Gasteiger partial charge in [-0.3, -0.25) is 4.99 Å². The quantitative estimate of drug-likeness (QED) is 0.366. The SMILES string of the molecule is CN=C(NCCCOCC1CCCO1)NCCc1c[nH]c2ccccc12. The first-order valence-corrected chi connectivity index (χ1v) is 9.55. The monoisotopic (exact) mass is 358 g/mol. The number of rotatable bonds is 9. The summed E-state index contributed by atoms with van der Waals surface area (Å²) in [5.41, 5.74) is 2.51. The molecule has 3 N–H and O–H groups in total. The molecular weight excluding hydrogens is 328 g/mol. The largest absolute Gasteiger partial charge is 0.379 e. The molecule has 1 aromatic carbocycles. The number of H-pyrrole nitrogens is 1. The summed E-state index contributed by atoms with van der Waals surface area (Å²) in [5, 5.41) is 8.00. The van der Waals surface area contributed by atoms with E-state index in [0.717, 1.165) is 64.6 Å². The van der Waals surface area contributed by atoms with Crippen molar-refractivity contribution in [2.75, 3.05) is 40.0 Å². The van der Waals surface area contributed by atoms with E-state index in [0.29, 0.717) is 6.10 Å². The molecule has 0 amide bonds. The number of aromatic amines is 1. The molecule has 1 aliphatic rings. The fourth-order valence-electron chi connectivity index (χ4n) is 3.25. The number of nitrogens with zero attached hydrogens (tertiary/aromatic N) is 1. The lowest BCUT2D eigenvalue weighted by atomic mass is 10.1. The van der Waals surface area contributed by atoms with Gasteiger partial charge in [-0.05, 0) is 37.3 Å². The number of guanidine groups is 1. The number of hydrogen-bond donors (Lipinski definition) is 3. The molecule has 0 aliphatic carbocycles. The summed E-state index contributed by atoms with van der Waals surface area (Å²) >= 11 is 0. The number of aromatic nitrogens is 1. The van der Waals surface area contributed by atoms with Crippen molar-refractivity contribution >= 4 is 16.9 Å². The molecule has 142 valence electrons. The Morgan fingerprint density at radius 2 is 2.19 bits per heavy atom. The van der Waals surface area contributed by atoms with Gasteiger partial charge in [-0.1, -0.05) is 18.2 Å². The smallest absolute Gasteiger partial charge is 0.190 e. The molecule has 0 spiro atoms. The minimum Gasteiger partial charge on any atom is -0.379 e. The summed E-state index contributed by atoms with van der Waals surface area (Å²) < 4.78 is 11.2. The van der Waals surface area contributed by atoms with E-state index in [4.69, 9.17) is 9.47 Å². The normalized spacial score (nSPS) is 17.7. The number of ether oxygens (including phenoxy) is 2. The van der Waals surface area contributed by atoms with Crippen LogP contribution in [0.4, 0.5) is 0 Å². The van der Waals surface area contributed by atoms with Crippen molar-refractivity contribution in [3.05, 3.63) is 36.0 Å². The summed E-state index contributed by atoms with van der Waals surface area (Å²) in [7, 11) is 1.80. The predicted octanol–water partition coefficient (Wildman–Crippen LogP) is 2.46. The maximum absolute atomic E-state index is 5.68. The van der Waals surface area contributed by atoms with Crippen LogP contribution in [0.15, 0.2) is 35.5 Å². The Bertz CT molecular complexity index is 692. The average Bonchev–Trinajstić information content (AvgIpc) is 3.33. The van der Waals surface area contributed by atoms with Crippen molar-refractivity contribution in [3.63, 3.8) is 0 Å². The maximum atomic E-state index is 5.68. The summed E-state index contributed by atoms with van der Waals surface area (Å²) in [4.78, 5) is 7.59. The van der Waals surface area contributed by atoms with Crippen LogP contribution in [0.1, 0.15) is 24.8 Å². The number of nitrogens with one attached hydrogen (secondary N) is 3. The molecule has 1 aliphatic heterocycles. The minimum absolute atomic E-state index is 0.307. The Hall–Kier alpha value is -2.05. The molecular formula is C20H30N4O2. The lowest BCUT2D eigenvalue weighted by molar-refractivity contribution is 0.0168. The molecule has 1 fully saturated rings. The molecule has 1 aromatic heterocycles. The molecule has 2 aromatic rings. The van der Waals surface area contributed by atoms with Crippen molar-refractivity contribution < 1.29 is 9.47 Å². The lowest BCUT2D eigenvalue weighted by Gasteiger charge is -2.13. The topological polar surface area (TPSA) is 70.7 Å². The van der Waals surface area contributed by atoms with Gasteiger partial charge in [-0.15, -0.1) is 0 Å². The Morgan fingerprint density at radius 1 is 1.31 bits per heavy atom. The highest BCUT2D eigenvalue weighted by atomic mass is 16.5. The average molecular weight is 358 g/mol. The van der Waals surface area contributed by atoms with Crippen LogP contribution in [-0.4, -0.2) is 57.0 Å². The molecule has 26 heavy (non-hydrogen) atoms. The zero-order valence-corrected chi connectivity index (χ0v) is 15.6. The van der Waals surface area contributed by atoms with Crippen LogP contribution in [-0.2, 0) is 15.9 Å². The minimum atomic E-state index is 0.307. The first-order valence-electron chi connectivity index (χ1n) is 9.55. The molecule has 1 saturated heterocycles. The van der Waals surface area contributed by atoms with E-state index in [-0.39, 0.29) is 0 Å². The van der Waals surface area contributed by atoms with E-state index in [9.17, 15) is 0 Å². The van der Waals surface area contributed by atoms with Gasteiger partial charge in [0.05, 0.1) is 12.7 Å². The van der Waals surface area contributed by atoms with Gasteiger partial charge in [0.25, 0.3) is 0 Å². The Labute approximate surface area is 155 Å². The number of benzene rings is 1. The first kappa shape index (κ1) is 18.7. The van der Waals surface area contributed by atoms with Crippen molar-refractivity contribution in [2.24, 2.45) is 4.99 Å². The summed E-state index contributed by atoms with van der Waals surface area (Å²) in [6.07, 6.45) is 6.60. The van der Waals surface area contributed by atoms with Gasteiger partial charge in [0.2, 0.25) is 0 Å². The molecule has 0 saturated carbocycles. The van der Waals surface area contributed by atoms with E-state index in [1.807, 2.05) is 0 Å². The third kappa shape index (κ3) is 5.47. The zero-order chi connectivity index (χ0) is 18.0. The summed E-state index contributed by atoms with van der Waals surface area (Å²) in [6, 6.07) is 8.39. The number of para-hydroxylation sites is 1. The van der Waals surface area contributed by atoms with Crippen molar-refractivity contribution in [1.82, 2.24) is 15.6 Å². The van der Waals surface area contributed by atoms with Gasteiger partial charge in [0, 0.05) is 50.5 Å². The molecule has 0 radical (unpaired) electrons. The molecule has 6 nitrogen and oxygen atoms in total. The highest BCUT2D eigenvalue weighted by molar-refractivity contribution is 5.83. The molecule has 3 rings (SSSR count). The van der Waals surface area contributed by atoms with Crippen LogP contribution < -0.4 is 10.6 Å². The van der Waals surface area contributed by atoms with Gasteiger partial charge >= 0.3 is 0 Å². The van der Waals surface area contributed by atoms with Gasteiger partial charge in [-0.25, -0.2) is 0 Å². The van der Waals surface area contributed by atoms with Gasteiger partial charge in [0.1, 0.15) is 0 Å². The Morgan fingerprint density at radius 3 is 3.04 bits per heavy atom. The van der Waals surface area contributed by atoms with Crippen LogP contribution >= 0.6 is 0 Å². The van der Waals surface area contributed by atoms with Crippen LogP contribution in [0.25, 0.3) is 10.9 Å². The number of hydrogen-bond acceptors (Lipinski definition) is 3. The molecule has 1 atom stereocenters. The van der Waals surface area contributed by atoms with E-state index in [1.54, 1.807) is 7.05 Å². The Kier molecular flexibility index (Phi) is 7.34. The van der Waals surface area contributed by atoms with Crippen molar-refractivity contribution in [3.8, 4) is 0 Å². The molecule has 1 unspecified atom stereocenters. The molecule has 6 heteroatoms. The summed E-state index contributed by atoms with van der Waals surface area (Å²) in [6.45, 7) is 4.04. The molecule has 0 bridgehead atoms. The van der Waals surface area contributed by atoms with Crippen molar-refractivity contribution in [1.29, 1.82) is 0 Å². The highest BCUT2D eigenvalue weighted by Gasteiger charge is 2.14. The third-order valence-corrected chi connectivity index (χ3v) is 4.67. The Balaban J connectivity index is 1.28. The second-order valence-electron chi connectivity index (χ2n) is 6.60. The van der Waals surface area contributed by atoms with Crippen LogP contribution in [0, 0.1) is 0 Å². The number of aliphatic imine (C=N–C) groups is 1. The fraction of sp³-hybridized carbons (Fsp3) is 0.550. The van der Waals surface area contributed by atoms with Crippen LogP contribution in [0.2, 0.25) is 0 Å². The number of fused-ring (bicyclic) bond motifs is 1. The van der Waals surface area contributed by atoms with E-state index in [2.05, 4.69) is 51.1 Å². The van der Waals surface area contributed by atoms with Gasteiger partial charge in [-0.2, -0.15) is 0 Å². The van der Waals surface area contributed by atoms with E-state index >= 15 is 0 Å². The predicted molar refractivity (Wildman–Crippen MR) is 106 cm³/mol. The lowest BCUT2D eigenvalue weighted by Crippen LogP contribution is -2.39. The fourth-order valence-corrected chi connectivity index (χ4v) is 3.25. The van der Waals surface area contributed by atoms with Crippen LogP contribution in [0.3, 0.4) is 0 Å². The third-order valence-electron chi connectivity index (χ3n) is 4.67. The van der Waals surface area contributed by atoms with Crippen LogP contribution in [0.5, 0.6) is 0 Å². The first-order chi connectivity index (χ1) is 12.9. The molecule has 2 heterocycles.